The number of imidazole rings is 1. The van der Waals surface area contributed by atoms with E-state index < -0.39 is 23.7 Å². The molecule has 2 aromatic rings. The van der Waals surface area contributed by atoms with E-state index in [1.165, 1.54) is 11.3 Å². The van der Waals surface area contributed by atoms with Crippen LogP contribution in [0.2, 0.25) is 0 Å². The van der Waals surface area contributed by atoms with Crippen molar-refractivity contribution in [2.24, 2.45) is 23.7 Å². The number of aromatic amines is 1. The first-order chi connectivity index (χ1) is 16.7. The Morgan fingerprint density at radius 1 is 1.06 bits per heavy atom. The van der Waals surface area contributed by atoms with Gasteiger partial charge < -0.3 is 4.98 Å². The molecule has 0 saturated heterocycles. The molecule has 2 rings (SSSR count). The zero-order valence-electron chi connectivity index (χ0n) is 21.3. The minimum absolute atomic E-state index is 0. The van der Waals surface area contributed by atoms with E-state index in [1.807, 2.05) is 70.2 Å². The summed E-state index contributed by atoms with van der Waals surface area (Å²) in [6.45, 7) is 8.14. The van der Waals surface area contributed by atoms with Crippen LogP contribution in [0.15, 0.2) is 48.9 Å². The van der Waals surface area contributed by atoms with Gasteiger partial charge in [0.2, 0.25) is 17.7 Å². The Labute approximate surface area is 219 Å². The molecule has 9 nitrogen and oxygen atoms in total. The third-order valence-corrected chi connectivity index (χ3v) is 5.49. The van der Waals surface area contributed by atoms with Crippen LogP contribution in [0, 0.1) is 23.7 Å². The number of hydrogen-bond donors (Lipinski definition) is 4. The van der Waals surface area contributed by atoms with E-state index in [0.29, 0.717) is 18.7 Å². The summed E-state index contributed by atoms with van der Waals surface area (Å²) in [5, 5.41) is 10.7. The fourth-order valence-electron chi connectivity index (χ4n) is 3.84. The number of nitrogens with one attached hydrogen (secondary N) is 3. The van der Waals surface area contributed by atoms with Gasteiger partial charge in [-0.05, 0) is 30.2 Å². The average Bonchev–Trinajstić information content (AvgIpc) is 3.33. The van der Waals surface area contributed by atoms with Gasteiger partial charge in [0.25, 0.3) is 0 Å². The molecule has 0 unspecified atom stereocenters. The van der Waals surface area contributed by atoms with E-state index in [0.717, 1.165) is 5.56 Å². The first-order valence-electron chi connectivity index (χ1n) is 11.9. The summed E-state index contributed by atoms with van der Waals surface area (Å²) in [6, 6.07) is 9.61. The highest BCUT2D eigenvalue weighted by Crippen LogP contribution is 2.25. The molecule has 198 valence electrons. The van der Waals surface area contributed by atoms with Crippen molar-refractivity contribution < 1.29 is 19.6 Å². The second-order valence-electron chi connectivity index (χ2n) is 9.50. The molecule has 0 spiro atoms. The first kappa shape index (κ1) is 30.9. The smallest absolute Gasteiger partial charge is 0.247 e. The van der Waals surface area contributed by atoms with Crippen LogP contribution in [-0.4, -0.2) is 44.5 Å². The Kier molecular flexibility index (Phi) is 13.5. The lowest BCUT2D eigenvalue weighted by molar-refractivity contribution is -0.147. The molecule has 2 atom stereocenters. The van der Waals surface area contributed by atoms with Gasteiger partial charge in [0.05, 0.1) is 24.6 Å². The third-order valence-electron chi connectivity index (χ3n) is 5.49. The highest BCUT2D eigenvalue weighted by molar-refractivity contribution is 5.89. The predicted molar refractivity (Wildman–Crippen MR) is 141 cm³/mol. The Hall–Kier alpha value is -3.17. The highest BCUT2D eigenvalue weighted by atomic mass is 35.5. The van der Waals surface area contributed by atoms with Gasteiger partial charge in [0, 0.05) is 18.4 Å². The van der Waals surface area contributed by atoms with Crippen molar-refractivity contribution in [1.82, 2.24) is 25.9 Å². The lowest BCUT2D eigenvalue weighted by Gasteiger charge is -2.30. The van der Waals surface area contributed by atoms with Crippen molar-refractivity contribution in [3.63, 3.8) is 0 Å². The number of H-pyrrole nitrogens is 1. The normalized spacial score (nSPS) is 12.8. The molecule has 0 bridgehead atoms. The molecular formula is C26H38ClN5O4. The molecule has 1 aromatic heterocycles. The topological polar surface area (TPSA) is 127 Å². The quantitative estimate of drug-likeness (QED) is 0.251. The highest BCUT2D eigenvalue weighted by Gasteiger charge is 2.35. The average molecular weight is 520 g/mol. The second-order valence-corrected chi connectivity index (χ2v) is 9.50. The maximum Gasteiger partial charge on any atom is 0.247 e. The molecule has 0 fully saturated rings. The van der Waals surface area contributed by atoms with Gasteiger partial charge in [-0.25, -0.2) is 10.5 Å². The number of rotatable bonds is 12. The van der Waals surface area contributed by atoms with Crippen molar-refractivity contribution in [2.45, 2.75) is 47.0 Å². The number of benzene rings is 1. The van der Waals surface area contributed by atoms with Gasteiger partial charge in [0.1, 0.15) is 0 Å². The van der Waals surface area contributed by atoms with Crippen LogP contribution in [0.5, 0.6) is 0 Å². The molecule has 0 aliphatic heterocycles. The number of carbonyl (C=O) groups is 3. The molecular weight excluding hydrogens is 482 g/mol. The number of carbonyl (C=O) groups excluding carboxylic acids is 3. The van der Waals surface area contributed by atoms with Crippen LogP contribution in [0.1, 0.15) is 51.8 Å². The van der Waals surface area contributed by atoms with E-state index in [1.54, 1.807) is 11.7 Å². The van der Waals surface area contributed by atoms with Crippen LogP contribution in [0.25, 0.3) is 6.08 Å². The molecule has 0 radical (unpaired) electrons. The lowest BCUT2D eigenvalue weighted by Crippen LogP contribution is -2.52. The first-order valence-corrected chi connectivity index (χ1v) is 11.9. The molecule has 0 saturated carbocycles. The molecule has 10 heteroatoms. The van der Waals surface area contributed by atoms with Gasteiger partial charge in [-0.15, -0.1) is 12.4 Å². The van der Waals surface area contributed by atoms with Gasteiger partial charge in [-0.1, -0.05) is 70.2 Å². The summed E-state index contributed by atoms with van der Waals surface area (Å²) in [6.07, 6.45) is 7.48. The number of halogens is 1. The van der Waals surface area contributed by atoms with Crippen LogP contribution in [0.3, 0.4) is 0 Å². The maximum atomic E-state index is 13.5. The fraction of sp³-hybridized carbons (Fsp3) is 0.462. The van der Waals surface area contributed by atoms with Gasteiger partial charge in [-0.2, -0.15) is 0 Å². The monoisotopic (exact) mass is 519 g/mol. The number of allylic oxidation sites excluding steroid dienone is 1. The van der Waals surface area contributed by atoms with E-state index in [4.69, 9.17) is 0 Å². The van der Waals surface area contributed by atoms with Gasteiger partial charge >= 0.3 is 0 Å². The molecule has 0 aliphatic carbocycles. The minimum atomic E-state index is -0.814. The molecule has 1 aromatic carbocycles. The summed E-state index contributed by atoms with van der Waals surface area (Å²) in [5.41, 5.74) is 6.08. The number of hydrazine groups is 1. The van der Waals surface area contributed by atoms with Gasteiger partial charge in [-0.3, -0.25) is 30.0 Å². The van der Waals surface area contributed by atoms with E-state index in [2.05, 4.69) is 15.4 Å². The minimum Gasteiger partial charge on any atom is -0.348 e. The van der Waals surface area contributed by atoms with E-state index in [9.17, 15) is 19.6 Å². The van der Waals surface area contributed by atoms with Crippen LogP contribution in [-0.2, 0) is 20.8 Å². The SMILES string of the molecule is CC(C)C[C@@H](C(=O)NN(CC(C)C)C(=O)Cc1cnc[nH]1)[C@H](C/C=C/c1ccccc1)C(=O)NO.Cl. The zero-order valence-corrected chi connectivity index (χ0v) is 22.1. The fourth-order valence-corrected chi connectivity index (χ4v) is 3.84. The summed E-state index contributed by atoms with van der Waals surface area (Å²) in [7, 11) is 0. The molecule has 1 heterocycles. The third kappa shape index (κ3) is 10.2. The van der Waals surface area contributed by atoms with Crippen molar-refractivity contribution in [1.29, 1.82) is 0 Å². The number of hydroxylamine groups is 1. The summed E-state index contributed by atoms with van der Waals surface area (Å²) < 4.78 is 0. The van der Waals surface area contributed by atoms with Crippen molar-refractivity contribution >= 4 is 36.2 Å². The Morgan fingerprint density at radius 2 is 1.75 bits per heavy atom. The summed E-state index contributed by atoms with van der Waals surface area (Å²) >= 11 is 0. The predicted octanol–water partition coefficient (Wildman–Crippen LogP) is 3.78. The van der Waals surface area contributed by atoms with E-state index in [-0.39, 0.29) is 43.0 Å². The zero-order chi connectivity index (χ0) is 25.8. The molecule has 36 heavy (non-hydrogen) atoms. The molecule has 4 N–H and O–H groups in total. The van der Waals surface area contributed by atoms with Crippen LogP contribution < -0.4 is 10.9 Å². The molecule has 0 aliphatic rings. The van der Waals surface area contributed by atoms with Crippen LogP contribution >= 0.6 is 12.4 Å². The number of amides is 3. The van der Waals surface area contributed by atoms with E-state index >= 15 is 0 Å². The Bertz CT molecular complexity index is 964. The number of hydrogen-bond acceptors (Lipinski definition) is 5. The lowest BCUT2D eigenvalue weighted by atomic mass is 9.82. The number of aromatic nitrogens is 2. The van der Waals surface area contributed by atoms with Crippen molar-refractivity contribution in [3.05, 3.63) is 60.2 Å². The number of nitrogens with zero attached hydrogens (tertiary/aromatic N) is 2. The summed E-state index contributed by atoms with van der Waals surface area (Å²) in [4.78, 5) is 45.9. The van der Waals surface area contributed by atoms with Crippen molar-refractivity contribution in [2.75, 3.05) is 6.54 Å². The standard InChI is InChI=1S/C26H37N5O4.ClH/c1-18(2)13-23(22(26(34)30-35)12-8-11-20-9-6-5-7-10-20)25(33)29-31(16-19(3)4)24(32)14-21-15-27-17-28-21;/h5-11,15,17-19,22-23,35H,12-14,16H2,1-4H3,(H,27,28)(H,29,33)(H,30,34);1H/b11-8+;/t22-,23+;/m0./s1. The summed E-state index contributed by atoms with van der Waals surface area (Å²) in [5.74, 6) is -2.70. The largest absolute Gasteiger partial charge is 0.348 e. The van der Waals surface area contributed by atoms with Crippen molar-refractivity contribution in [3.8, 4) is 0 Å². The Morgan fingerprint density at radius 3 is 2.31 bits per heavy atom. The maximum absolute atomic E-state index is 13.5. The van der Waals surface area contributed by atoms with Gasteiger partial charge in [0.15, 0.2) is 0 Å². The Balaban J connectivity index is 0.00000648. The van der Waals surface area contributed by atoms with Crippen LogP contribution in [0.4, 0.5) is 0 Å². The molecule has 3 amide bonds. The second kappa shape index (κ2) is 15.7.